The topological polar surface area (TPSA) is 136 Å². The van der Waals surface area contributed by atoms with Gasteiger partial charge in [0.15, 0.2) is 0 Å². The Hall–Kier alpha value is -1.68. The summed E-state index contributed by atoms with van der Waals surface area (Å²) in [5.74, 6) is -0.536. The number of likely N-dealkylation sites (tertiary alicyclic amines) is 1. The Labute approximate surface area is 159 Å². The van der Waals surface area contributed by atoms with E-state index < -0.39 is 10.0 Å². The van der Waals surface area contributed by atoms with E-state index in [1.165, 1.54) is 19.1 Å². The Morgan fingerprint density at radius 3 is 2.35 bits per heavy atom. The van der Waals surface area contributed by atoms with E-state index in [0.29, 0.717) is 25.9 Å². The summed E-state index contributed by atoms with van der Waals surface area (Å²) < 4.78 is 22.5. The second kappa shape index (κ2) is 9.31. The molecule has 1 aliphatic rings. The molecule has 1 aromatic rings. The summed E-state index contributed by atoms with van der Waals surface area (Å²) in [7, 11) is -3.73. The summed E-state index contributed by atoms with van der Waals surface area (Å²) in [6.45, 7) is 2.57. The van der Waals surface area contributed by atoms with Gasteiger partial charge in [-0.25, -0.2) is 13.6 Å². The van der Waals surface area contributed by atoms with Gasteiger partial charge in [-0.15, -0.1) is 12.4 Å². The smallest absolute Gasteiger partial charge is 0.238 e. The fraction of sp³-hybridized carbons (Fsp3) is 0.500. The minimum Gasteiger partial charge on any atom is -0.352 e. The molecule has 0 spiro atoms. The van der Waals surface area contributed by atoms with Crippen LogP contribution in [0.15, 0.2) is 29.2 Å². The van der Waals surface area contributed by atoms with Gasteiger partial charge in [0.1, 0.15) is 0 Å². The number of amides is 2. The molecule has 1 fully saturated rings. The molecule has 0 radical (unpaired) electrons. The highest BCUT2D eigenvalue weighted by molar-refractivity contribution is 7.89. The standard InChI is InChI=1S/C16H24N4O4S.ClH/c1-11(21)20-9-13(4-5-14(17)10-20)16(22)19-8-12-2-6-15(7-3-12)25(18,23)24;/h2-3,6-7,13-14H,4-5,8-10,17H2,1H3,(H,19,22)(H2,18,23,24);1H/t13-,14+;/m1./s1. The highest BCUT2D eigenvalue weighted by Gasteiger charge is 2.28. The van der Waals surface area contributed by atoms with Gasteiger partial charge in [-0.1, -0.05) is 12.1 Å². The van der Waals surface area contributed by atoms with Crippen molar-refractivity contribution in [3.8, 4) is 0 Å². The van der Waals surface area contributed by atoms with Gasteiger partial charge in [0.2, 0.25) is 21.8 Å². The summed E-state index contributed by atoms with van der Waals surface area (Å²) in [6, 6.07) is 5.89. The van der Waals surface area contributed by atoms with Crippen molar-refractivity contribution >= 4 is 34.2 Å². The number of nitrogens with zero attached hydrogens (tertiary/aromatic N) is 1. The number of primary sulfonamides is 1. The van der Waals surface area contributed by atoms with Crippen LogP contribution in [0.1, 0.15) is 25.3 Å². The Kier molecular flexibility index (Phi) is 8.01. The predicted molar refractivity (Wildman–Crippen MR) is 99.9 cm³/mol. The molecule has 0 aromatic heterocycles. The van der Waals surface area contributed by atoms with E-state index in [1.54, 1.807) is 17.0 Å². The first kappa shape index (κ1) is 22.4. The second-order valence-corrected chi connectivity index (χ2v) is 7.93. The zero-order valence-corrected chi connectivity index (χ0v) is 16.2. The van der Waals surface area contributed by atoms with E-state index in [9.17, 15) is 18.0 Å². The molecule has 2 amide bonds. The predicted octanol–water partition coefficient (Wildman–Crippen LogP) is -0.0422. The van der Waals surface area contributed by atoms with Crippen molar-refractivity contribution in [1.29, 1.82) is 0 Å². The molecule has 10 heteroatoms. The van der Waals surface area contributed by atoms with Crippen LogP contribution in [0.2, 0.25) is 0 Å². The van der Waals surface area contributed by atoms with Gasteiger partial charge in [-0.05, 0) is 30.5 Å². The number of halogens is 1. The number of carbonyl (C=O) groups excluding carboxylic acids is 2. The fourth-order valence-corrected chi connectivity index (χ4v) is 3.34. The first-order chi connectivity index (χ1) is 11.7. The van der Waals surface area contributed by atoms with Crippen molar-refractivity contribution in [2.24, 2.45) is 16.8 Å². The maximum atomic E-state index is 12.4. The van der Waals surface area contributed by atoms with Crippen molar-refractivity contribution in [2.75, 3.05) is 13.1 Å². The molecule has 8 nitrogen and oxygen atoms in total. The SMILES string of the molecule is CC(=O)N1C[C@@H](N)CC[C@@H](C(=O)NCc2ccc(S(N)(=O)=O)cc2)C1.Cl. The van der Waals surface area contributed by atoms with Crippen LogP contribution >= 0.6 is 12.4 Å². The monoisotopic (exact) mass is 404 g/mol. The molecule has 1 aromatic carbocycles. The van der Waals surface area contributed by atoms with Crippen LogP contribution in [0.4, 0.5) is 0 Å². The number of hydrogen-bond acceptors (Lipinski definition) is 5. The third kappa shape index (κ3) is 6.24. The van der Waals surface area contributed by atoms with E-state index in [2.05, 4.69) is 5.32 Å². The van der Waals surface area contributed by atoms with Gasteiger partial charge < -0.3 is 16.0 Å². The van der Waals surface area contributed by atoms with E-state index in [4.69, 9.17) is 10.9 Å². The maximum absolute atomic E-state index is 12.4. The van der Waals surface area contributed by atoms with Crippen molar-refractivity contribution in [1.82, 2.24) is 10.2 Å². The maximum Gasteiger partial charge on any atom is 0.238 e. The molecule has 1 heterocycles. The number of nitrogens with one attached hydrogen (secondary N) is 1. The summed E-state index contributed by atoms with van der Waals surface area (Å²) in [5, 5.41) is 7.88. The van der Waals surface area contributed by atoms with Crippen LogP contribution in [-0.2, 0) is 26.2 Å². The Balaban J connectivity index is 0.00000338. The largest absolute Gasteiger partial charge is 0.352 e. The molecule has 26 heavy (non-hydrogen) atoms. The Bertz CT molecular complexity index is 739. The fourth-order valence-electron chi connectivity index (χ4n) is 2.82. The van der Waals surface area contributed by atoms with Crippen LogP contribution in [0.25, 0.3) is 0 Å². The van der Waals surface area contributed by atoms with Gasteiger partial charge in [-0.3, -0.25) is 9.59 Å². The second-order valence-electron chi connectivity index (χ2n) is 6.37. The lowest BCUT2D eigenvalue weighted by molar-refractivity contribution is -0.131. The van der Waals surface area contributed by atoms with Crippen molar-refractivity contribution in [2.45, 2.75) is 37.2 Å². The summed E-state index contributed by atoms with van der Waals surface area (Å²) in [6.07, 6.45) is 1.31. The number of rotatable bonds is 4. The molecule has 1 aliphatic heterocycles. The number of benzene rings is 1. The minimum absolute atomic E-state index is 0. The van der Waals surface area contributed by atoms with Crippen LogP contribution in [0.3, 0.4) is 0 Å². The van der Waals surface area contributed by atoms with Gasteiger partial charge in [0.05, 0.1) is 10.8 Å². The van der Waals surface area contributed by atoms with E-state index in [0.717, 1.165) is 5.56 Å². The van der Waals surface area contributed by atoms with Crippen molar-refractivity contribution < 1.29 is 18.0 Å². The van der Waals surface area contributed by atoms with Gasteiger partial charge >= 0.3 is 0 Å². The molecule has 0 aliphatic carbocycles. The first-order valence-corrected chi connectivity index (χ1v) is 9.62. The Morgan fingerprint density at radius 2 is 1.81 bits per heavy atom. The third-order valence-electron chi connectivity index (χ3n) is 4.32. The summed E-state index contributed by atoms with van der Waals surface area (Å²) >= 11 is 0. The molecule has 1 saturated heterocycles. The van der Waals surface area contributed by atoms with Gasteiger partial charge in [0, 0.05) is 32.6 Å². The lowest BCUT2D eigenvalue weighted by Gasteiger charge is -2.23. The number of sulfonamides is 1. The van der Waals surface area contributed by atoms with E-state index in [-0.39, 0.29) is 47.6 Å². The molecule has 2 atom stereocenters. The zero-order chi connectivity index (χ0) is 18.6. The third-order valence-corrected chi connectivity index (χ3v) is 5.25. The lowest BCUT2D eigenvalue weighted by Crippen LogP contribution is -2.42. The first-order valence-electron chi connectivity index (χ1n) is 8.07. The molecule has 0 unspecified atom stereocenters. The number of carbonyl (C=O) groups is 2. The average Bonchev–Trinajstić information content (AvgIpc) is 2.74. The zero-order valence-electron chi connectivity index (χ0n) is 14.6. The van der Waals surface area contributed by atoms with Crippen LogP contribution in [0, 0.1) is 5.92 Å². The molecule has 146 valence electrons. The van der Waals surface area contributed by atoms with Crippen LogP contribution in [-0.4, -0.2) is 44.3 Å². The molecular formula is C16H25ClN4O4S. The van der Waals surface area contributed by atoms with Crippen molar-refractivity contribution in [3.05, 3.63) is 29.8 Å². The molecule has 5 N–H and O–H groups in total. The van der Waals surface area contributed by atoms with E-state index >= 15 is 0 Å². The normalized spacial score (nSPS) is 20.7. The van der Waals surface area contributed by atoms with Crippen LogP contribution in [0.5, 0.6) is 0 Å². The van der Waals surface area contributed by atoms with Gasteiger partial charge in [0.25, 0.3) is 0 Å². The summed E-state index contributed by atoms with van der Waals surface area (Å²) in [5.41, 5.74) is 6.71. The molecule has 0 bridgehead atoms. The van der Waals surface area contributed by atoms with Crippen molar-refractivity contribution in [3.63, 3.8) is 0 Å². The molecule has 2 rings (SSSR count). The summed E-state index contributed by atoms with van der Waals surface area (Å²) in [4.78, 5) is 25.7. The molecule has 0 saturated carbocycles. The van der Waals surface area contributed by atoms with Crippen LogP contribution < -0.4 is 16.2 Å². The minimum atomic E-state index is -3.73. The van der Waals surface area contributed by atoms with Gasteiger partial charge in [-0.2, -0.15) is 0 Å². The lowest BCUT2D eigenvalue weighted by atomic mass is 10.0. The number of nitrogens with two attached hydrogens (primary N) is 2. The number of hydrogen-bond donors (Lipinski definition) is 3. The van der Waals surface area contributed by atoms with E-state index in [1.807, 2.05) is 0 Å². The highest BCUT2D eigenvalue weighted by atomic mass is 35.5. The Morgan fingerprint density at radius 1 is 1.19 bits per heavy atom. The highest BCUT2D eigenvalue weighted by Crippen LogP contribution is 2.17. The quantitative estimate of drug-likeness (QED) is 0.646. The molecular weight excluding hydrogens is 380 g/mol. The average molecular weight is 405 g/mol.